The molecule has 0 atom stereocenters. The Morgan fingerprint density at radius 1 is 0.820 bits per heavy atom. The number of fused-ring (bicyclic) bond motifs is 1. The third kappa shape index (κ3) is 8.29. The maximum Gasteiger partial charge on any atom is 0.573 e. The minimum atomic E-state index is -4.94. The van der Waals surface area contributed by atoms with Gasteiger partial charge in [-0.3, -0.25) is 14.8 Å². The maximum absolute atomic E-state index is 15.2. The number of pyridine rings is 1. The lowest BCUT2D eigenvalue weighted by molar-refractivity contribution is -0.274. The fourth-order valence-corrected chi connectivity index (χ4v) is 9.02. The van der Waals surface area contributed by atoms with E-state index in [1.807, 2.05) is 4.90 Å². The molecule has 3 aliphatic rings. The summed E-state index contributed by atoms with van der Waals surface area (Å²) in [5.41, 5.74) is -0.157. The van der Waals surface area contributed by atoms with E-state index in [1.165, 1.54) is 43.3 Å². The van der Waals surface area contributed by atoms with Crippen molar-refractivity contribution in [2.24, 2.45) is 0 Å². The zero-order chi connectivity index (χ0) is 35.8. The first-order chi connectivity index (χ1) is 23.6. The van der Waals surface area contributed by atoms with E-state index in [-0.39, 0.29) is 26.6 Å². The van der Waals surface area contributed by atoms with Crippen molar-refractivity contribution in [2.75, 3.05) is 63.8 Å². The van der Waals surface area contributed by atoms with Crippen molar-refractivity contribution in [2.45, 2.75) is 87.2 Å². The van der Waals surface area contributed by atoms with Gasteiger partial charge >= 0.3 is 6.36 Å². The van der Waals surface area contributed by atoms with Crippen LogP contribution in [0, 0.1) is 5.82 Å². The van der Waals surface area contributed by atoms with Crippen LogP contribution in [0.25, 0.3) is 10.9 Å². The van der Waals surface area contributed by atoms with E-state index in [4.69, 9.17) is 4.74 Å². The maximum atomic E-state index is 15.2. The zero-order valence-corrected chi connectivity index (χ0v) is 30.0. The predicted molar refractivity (Wildman–Crippen MR) is 184 cm³/mol. The van der Waals surface area contributed by atoms with E-state index < -0.39 is 33.4 Å². The van der Waals surface area contributed by atoms with Gasteiger partial charge in [-0.15, -0.1) is 13.2 Å². The molecular weight excluding hydrogens is 674 g/mol. The third-order valence-electron chi connectivity index (χ3n) is 10.1. The number of piperidine rings is 2. The predicted octanol–water partition coefficient (Wildman–Crippen LogP) is 6.35. The Morgan fingerprint density at radius 3 is 1.96 bits per heavy atom. The number of halogens is 4. The van der Waals surface area contributed by atoms with Crippen LogP contribution in [0.4, 0.5) is 23.2 Å². The first-order valence-corrected chi connectivity index (χ1v) is 19.0. The summed E-state index contributed by atoms with van der Waals surface area (Å²) in [4.78, 5) is 13.4. The molecule has 0 unspecified atom stereocenters. The summed E-state index contributed by atoms with van der Waals surface area (Å²) < 4.78 is 93.2. The van der Waals surface area contributed by atoms with Crippen LogP contribution in [0.1, 0.15) is 53.4 Å². The highest BCUT2D eigenvalue weighted by atomic mass is 32.2. The Morgan fingerprint density at radius 2 is 1.42 bits per heavy atom. The minimum absolute atomic E-state index is 0.0907. The van der Waals surface area contributed by atoms with E-state index in [9.17, 15) is 21.6 Å². The van der Waals surface area contributed by atoms with Crippen molar-refractivity contribution in [3.05, 3.63) is 48.4 Å². The molecule has 6 rings (SSSR count). The molecule has 1 aromatic heterocycles. The van der Waals surface area contributed by atoms with E-state index in [2.05, 4.69) is 31.3 Å². The topological polar surface area (TPSA) is 78.5 Å². The number of hydrogen-bond donors (Lipinski definition) is 0. The third-order valence-corrected chi connectivity index (χ3v) is 11.8. The van der Waals surface area contributed by atoms with Gasteiger partial charge in [0.1, 0.15) is 16.2 Å². The van der Waals surface area contributed by atoms with E-state index in [0.29, 0.717) is 30.7 Å². The quantitative estimate of drug-likeness (QED) is 0.247. The molecule has 0 N–H and O–H groups in total. The summed E-state index contributed by atoms with van der Waals surface area (Å²) in [7, 11) is -4.38. The standard InChI is InChI=1S/C36H47F4N5O4S/c1-5-42-14-10-25(11-15-42)43-18-20-44(21-19-43)26-12-16-45(17-13-26)34-29-22-27(48-36(38,39)40)6-8-31(29)41-24-33(34)50(46,47)28-7-9-32(30(37)23-28)49-35(2,3)4/h6-9,22-26H,5,10-21H2,1-4H3. The number of aromatic nitrogens is 1. The lowest BCUT2D eigenvalue weighted by Gasteiger charge is -2.46. The number of rotatable bonds is 8. The Balaban J connectivity index is 1.25. The molecule has 274 valence electrons. The zero-order valence-electron chi connectivity index (χ0n) is 29.2. The smallest absolute Gasteiger partial charge is 0.485 e. The van der Waals surface area contributed by atoms with Gasteiger partial charge in [0.25, 0.3) is 0 Å². The Labute approximate surface area is 292 Å². The lowest BCUT2D eigenvalue weighted by Crippen LogP contribution is -2.56. The van der Waals surface area contributed by atoms with Crippen LogP contribution in [0.5, 0.6) is 11.5 Å². The number of benzene rings is 2. The molecule has 4 heterocycles. The number of likely N-dealkylation sites (tertiary alicyclic amines) is 1. The number of piperazine rings is 1. The summed E-state index contributed by atoms with van der Waals surface area (Å²) in [5.74, 6) is -1.41. The summed E-state index contributed by atoms with van der Waals surface area (Å²) in [6.45, 7) is 15.8. The van der Waals surface area contributed by atoms with Crippen LogP contribution in [-0.2, 0) is 9.84 Å². The molecular formula is C36H47F4N5O4S. The highest BCUT2D eigenvalue weighted by molar-refractivity contribution is 7.91. The van der Waals surface area contributed by atoms with Gasteiger partial charge in [0, 0.05) is 62.9 Å². The number of anilines is 1. The highest BCUT2D eigenvalue weighted by Crippen LogP contribution is 2.40. The van der Waals surface area contributed by atoms with Gasteiger partial charge in [0.15, 0.2) is 11.6 Å². The molecule has 3 fully saturated rings. The van der Waals surface area contributed by atoms with Crippen LogP contribution < -0.4 is 14.4 Å². The molecule has 0 amide bonds. The number of sulfone groups is 1. The molecule has 0 saturated carbocycles. The molecule has 3 aliphatic heterocycles. The van der Waals surface area contributed by atoms with Crippen LogP contribution in [0.15, 0.2) is 52.4 Å². The summed E-state index contributed by atoms with van der Waals surface area (Å²) in [6.07, 6.45) is 0.192. The Hall–Kier alpha value is -3.20. The molecule has 0 aliphatic carbocycles. The Kier molecular flexibility index (Phi) is 10.6. The van der Waals surface area contributed by atoms with Crippen molar-refractivity contribution in [3.8, 4) is 11.5 Å². The summed E-state index contributed by atoms with van der Waals surface area (Å²) in [6, 6.07) is 8.11. The average Bonchev–Trinajstić information content (AvgIpc) is 3.07. The van der Waals surface area contributed by atoms with Gasteiger partial charge in [0.05, 0.1) is 16.1 Å². The molecule has 14 heteroatoms. The van der Waals surface area contributed by atoms with E-state index in [1.54, 1.807) is 20.8 Å². The van der Waals surface area contributed by atoms with Crippen molar-refractivity contribution in [1.82, 2.24) is 19.7 Å². The number of alkyl halides is 3. The molecule has 0 radical (unpaired) electrons. The van der Waals surface area contributed by atoms with Crippen molar-refractivity contribution >= 4 is 26.4 Å². The van der Waals surface area contributed by atoms with Gasteiger partial charge in [-0.25, -0.2) is 12.8 Å². The van der Waals surface area contributed by atoms with Crippen LogP contribution in [0.2, 0.25) is 0 Å². The second kappa shape index (κ2) is 14.4. The fourth-order valence-electron chi connectivity index (χ4n) is 7.57. The van der Waals surface area contributed by atoms with Gasteiger partial charge < -0.3 is 19.3 Å². The summed E-state index contributed by atoms with van der Waals surface area (Å²) in [5, 5.41) is 0.210. The molecule has 2 aromatic carbocycles. The van der Waals surface area contributed by atoms with E-state index >= 15 is 4.39 Å². The van der Waals surface area contributed by atoms with Crippen molar-refractivity contribution < 1.29 is 35.5 Å². The van der Waals surface area contributed by atoms with Gasteiger partial charge in [-0.05, 0) is 102 Å². The van der Waals surface area contributed by atoms with E-state index in [0.717, 1.165) is 70.8 Å². The second-order valence-electron chi connectivity index (χ2n) is 14.5. The first kappa shape index (κ1) is 36.6. The second-order valence-corrected chi connectivity index (χ2v) is 16.4. The van der Waals surface area contributed by atoms with Crippen molar-refractivity contribution in [3.63, 3.8) is 0 Å². The number of hydrogen-bond acceptors (Lipinski definition) is 9. The average molecular weight is 722 g/mol. The van der Waals surface area contributed by atoms with Crippen LogP contribution >= 0.6 is 0 Å². The number of nitrogens with zero attached hydrogens (tertiary/aromatic N) is 5. The van der Waals surface area contributed by atoms with Gasteiger partial charge in [0.2, 0.25) is 9.84 Å². The van der Waals surface area contributed by atoms with Crippen LogP contribution in [0.3, 0.4) is 0 Å². The van der Waals surface area contributed by atoms with Gasteiger partial charge in [-0.1, -0.05) is 6.92 Å². The summed E-state index contributed by atoms with van der Waals surface area (Å²) >= 11 is 0. The molecule has 0 spiro atoms. The van der Waals surface area contributed by atoms with Crippen LogP contribution in [-0.4, -0.2) is 111 Å². The Bertz CT molecular complexity index is 1760. The normalized spacial score (nSPS) is 20.0. The molecule has 0 bridgehead atoms. The minimum Gasteiger partial charge on any atom is -0.485 e. The highest BCUT2D eigenvalue weighted by Gasteiger charge is 2.35. The number of ether oxygens (including phenoxy) is 2. The molecule has 9 nitrogen and oxygen atoms in total. The largest absolute Gasteiger partial charge is 0.573 e. The van der Waals surface area contributed by atoms with Gasteiger partial charge in [-0.2, -0.15) is 0 Å². The molecule has 3 aromatic rings. The molecule has 3 saturated heterocycles. The lowest BCUT2D eigenvalue weighted by atomic mass is 9.99. The SMILES string of the molecule is CCN1CCC(N2CCN(C3CCN(c4c(S(=O)(=O)c5ccc(OC(C)(C)C)c(F)c5)cnc5ccc(OC(F)(F)F)cc45)CC3)CC2)CC1. The van der Waals surface area contributed by atoms with Crippen molar-refractivity contribution in [1.29, 1.82) is 0 Å². The first-order valence-electron chi connectivity index (χ1n) is 17.5. The molecule has 50 heavy (non-hydrogen) atoms. The fraction of sp³-hybridized carbons (Fsp3) is 0.583. The monoisotopic (exact) mass is 721 g/mol.